The largest absolute Gasteiger partial charge is 0.378 e. The maximum Gasteiger partial charge on any atom is 0.236 e. The lowest BCUT2D eigenvalue weighted by molar-refractivity contribution is -0.136. The minimum absolute atomic E-state index is 0.218. The number of rotatable bonds is 6. The van der Waals surface area contributed by atoms with Gasteiger partial charge in [0.05, 0.1) is 19.8 Å². The highest BCUT2D eigenvalue weighted by molar-refractivity contribution is 5.78. The van der Waals surface area contributed by atoms with Gasteiger partial charge in [-0.15, -0.1) is 0 Å². The molecule has 0 saturated carbocycles. The van der Waals surface area contributed by atoms with Gasteiger partial charge >= 0.3 is 0 Å². The average molecular weight is 229 g/mol. The Balaban J connectivity index is 2.16. The quantitative estimate of drug-likeness (QED) is 0.617. The van der Waals surface area contributed by atoms with Crippen LogP contribution in [0.5, 0.6) is 0 Å². The molecule has 1 heterocycles. The molecule has 1 N–H and O–H groups in total. The van der Waals surface area contributed by atoms with E-state index in [4.69, 9.17) is 4.74 Å². The third-order valence-corrected chi connectivity index (χ3v) is 2.74. The Labute approximate surface area is 97.7 Å². The molecule has 5 heteroatoms. The summed E-state index contributed by atoms with van der Waals surface area (Å²) in [7, 11) is 3.94. The van der Waals surface area contributed by atoms with Crippen LogP contribution in [0.25, 0.3) is 0 Å². The smallest absolute Gasteiger partial charge is 0.236 e. The first-order valence-corrected chi connectivity index (χ1v) is 5.92. The number of nitrogens with zero attached hydrogens (tertiary/aromatic N) is 2. The lowest BCUT2D eigenvalue weighted by Crippen LogP contribution is -2.45. The average Bonchev–Trinajstić information content (AvgIpc) is 2.30. The van der Waals surface area contributed by atoms with Crippen LogP contribution in [0.2, 0.25) is 0 Å². The second-order valence-electron chi connectivity index (χ2n) is 4.19. The molecule has 1 rings (SSSR count). The SMILES string of the molecule is CNCCCN(C)CC(=O)N1CCOCC1. The van der Waals surface area contributed by atoms with Gasteiger partial charge in [-0.05, 0) is 33.6 Å². The minimum Gasteiger partial charge on any atom is -0.378 e. The van der Waals surface area contributed by atoms with E-state index in [1.807, 2.05) is 19.0 Å². The summed E-state index contributed by atoms with van der Waals surface area (Å²) in [6.45, 7) is 5.30. The van der Waals surface area contributed by atoms with Crippen molar-refractivity contribution < 1.29 is 9.53 Å². The van der Waals surface area contributed by atoms with Crippen LogP contribution in [0.15, 0.2) is 0 Å². The number of nitrogens with one attached hydrogen (secondary N) is 1. The summed E-state index contributed by atoms with van der Waals surface area (Å²) < 4.78 is 5.22. The van der Waals surface area contributed by atoms with Gasteiger partial charge in [-0.3, -0.25) is 9.69 Å². The Bertz CT molecular complexity index is 205. The molecule has 1 saturated heterocycles. The highest BCUT2D eigenvalue weighted by Gasteiger charge is 2.17. The summed E-state index contributed by atoms with van der Waals surface area (Å²) in [5, 5.41) is 3.10. The zero-order valence-electron chi connectivity index (χ0n) is 10.4. The number of morpholine rings is 1. The fraction of sp³-hybridized carbons (Fsp3) is 0.909. The molecule has 0 bridgehead atoms. The molecule has 0 aromatic carbocycles. The van der Waals surface area contributed by atoms with Gasteiger partial charge < -0.3 is 15.0 Å². The third-order valence-electron chi connectivity index (χ3n) is 2.74. The van der Waals surface area contributed by atoms with Gasteiger partial charge in [-0.2, -0.15) is 0 Å². The predicted molar refractivity (Wildman–Crippen MR) is 63.4 cm³/mol. The molecule has 0 aromatic heterocycles. The predicted octanol–water partition coefficient (Wildman–Crippen LogP) is -0.613. The van der Waals surface area contributed by atoms with Crippen LogP contribution in [0.1, 0.15) is 6.42 Å². The zero-order chi connectivity index (χ0) is 11.8. The molecule has 0 unspecified atom stereocenters. The van der Waals surface area contributed by atoms with Gasteiger partial charge in [-0.25, -0.2) is 0 Å². The van der Waals surface area contributed by atoms with Crippen LogP contribution in [-0.4, -0.2) is 75.7 Å². The summed E-state index contributed by atoms with van der Waals surface area (Å²) in [5.74, 6) is 0.218. The molecule has 0 spiro atoms. The number of hydrogen-bond donors (Lipinski definition) is 1. The molecule has 0 radical (unpaired) electrons. The van der Waals surface area contributed by atoms with Crippen molar-refractivity contribution in [1.29, 1.82) is 0 Å². The van der Waals surface area contributed by atoms with E-state index in [-0.39, 0.29) is 5.91 Å². The van der Waals surface area contributed by atoms with Crippen LogP contribution < -0.4 is 5.32 Å². The summed E-state index contributed by atoms with van der Waals surface area (Å²) in [5.41, 5.74) is 0. The number of carbonyl (C=O) groups is 1. The fourth-order valence-electron chi connectivity index (χ4n) is 1.75. The first-order valence-electron chi connectivity index (χ1n) is 5.92. The highest BCUT2D eigenvalue weighted by atomic mass is 16.5. The Morgan fingerprint density at radius 1 is 1.44 bits per heavy atom. The van der Waals surface area contributed by atoms with E-state index in [0.29, 0.717) is 19.8 Å². The van der Waals surface area contributed by atoms with E-state index < -0.39 is 0 Å². The molecule has 16 heavy (non-hydrogen) atoms. The molecule has 1 aliphatic heterocycles. The van der Waals surface area contributed by atoms with Gasteiger partial charge in [0.25, 0.3) is 0 Å². The number of likely N-dealkylation sites (N-methyl/N-ethyl adjacent to an activating group) is 1. The standard InChI is InChI=1S/C11H23N3O2/c1-12-4-3-5-13(2)10-11(15)14-6-8-16-9-7-14/h12H,3-10H2,1-2H3. The van der Waals surface area contributed by atoms with E-state index in [1.165, 1.54) is 0 Å². The maximum atomic E-state index is 11.9. The molecule has 5 nitrogen and oxygen atoms in total. The van der Waals surface area contributed by atoms with Gasteiger partial charge in [0.1, 0.15) is 0 Å². The van der Waals surface area contributed by atoms with Gasteiger partial charge in [0.2, 0.25) is 5.91 Å². The van der Waals surface area contributed by atoms with Crippen molar-refractivity contribution >= 4 is 5.91 Å². The second-order valence-corrected chi connectivity index (χ2v) is 4.19. The second kappa shape index (κ2) is 7.60. The third kappa shape index (κ3) is 4.92. The lowest BCUT2D eigenvalue weighted by atomic mass is 10.3. The Kier molecular flexibility index (Phi) is 6.37. The number of carbonyl (C=O) groups excluding carboxylic acids is 1. The first kappa shape index (κ1) is 13.4. The van der Waals surface area contributed by atoms with Crippen molar-refractivity contribution in [3.8, 4) is 0 Å². The molecular formula is C11H23N3O2. The topological polar surface area (TPSA) is 44.8 Å². The normalized spacial score (nSPS) is 16.8. The van der Waals surface area contributed by atoms with Crippen molar-refractivity contribution in [2.75, 3.05) is 60.0 Å². The van der Waals surface area contributed by atoms with Crippen molar-refractivity contribution in [1.82, 2.24) is 15.1 Å². The van der Waals surface area contributed by atoms with E-state index in [2.05, 4.69) is 10.2 Å². The molecule has 0 aliphatic carbocycles. The summed E-state index contributed by atoms with van der Waals surface area (Å²) >= 11 is 0. The highest BCUT2D eigenvalue weighted by Crippen LogP contribution is 1.98. The van der Waals surface area contributed by atoms with Crippen molar-refractivity contribution in [3.05, 3.63) is 0 Å². The van der Waals surface area contributed by atoms with E-state index >= 15 is 0 Å². The zero-order valence-corrected chi connectivity index (χ0v) is 10.4. The Morgan fingerprint density at radius 2 is 2.12 bits per heavy atom. The van der Waals surface area contributed by atoms with Crippen LogP contribution in [0.4, 0.5) is 0 Å². The lowest BCUT2D eigenvalue weighted by Gasteiger charge is -2.28. The van der Waals surface area contributed by atoms with E-state index in [1.54, 1.807) is 0 Å². The number of amides is 1. The number of ether oxygens (including phenoxy) is 1. The van der Waals surface area contributed by atoms with Gasteiger partial charge in [0, 0.05) is 13.1 Å². The van der Waals surface area contributed by atoms with Crippen LogP contribution in [0.3, 0.4) is 0 Å². The van der Waals surface area contributed by atoms with E-state index in [0.717, 1.165) is 32.6 Å². The summed E-state index contributed by atoms with van der Waals surface area (Å²) in [4.78, 5) is 15.8. The minimum atomic E-state index is 0.218. The summed E-state index contributed by atoms with van der Waals surface area (Å²) in [6, 6.07) is 0. The molecule has 94 valence electrons. The van der Waals surface area contributed by atoms with Crippen molar-refractivity contribution in [3.63, 3.8) is 0 Å². The Hall–Kier alpha value is -0.650. The molecule has 0 aromatic rings. The first-order chi connectivity index (χ1) is 7.74. The molecule has 0 atom stereocenters. The van der Waals surface area contributed by atoms with Crippen LogP contribution in [-0.2, 0) is 9.53 Å². The van der Waals surface area contributed by atoms with Crippen molar-refractivity contribution in [2.45, 2.75) is 6.42 Å². The molecule has 1 amide bonds. The van der Waals surface area contributed by atoms with Crippen LogP contribution >= 0.6 is 0 Å². The molecule has 1 fully saturated rings. The van der Waals surface area contributed by atoms with Crippen molar-refractivity contribution in [2.24, 2.45) is 0 Å². The molecule has 1 aliphatic rings. The van der Waals surface area contributed by atoms with Crippen LogP contribution in [0, 0.1) is 0 Å². The van der Waals surface area contributed by atoms with E-state index in [9.17, 15) is 4.79 Å². The summed E-state index contributed by atoms with van der Waals surface area (Å²) in [6.07, 6.45) is 1.07. The Morgan fingerprint density at radius 3 is 2.75 bits per heavy atom. The molecular weight excluding hydrogens is 206 g/mol. The van der Waals surface area contributed by atoms with Gasteiger partial charge in [-0.1, -0.05) is 0 Å². The monoisotopic (exact) mass is 229 g/mol. The fourth-order valence-corrected chi connectivity index (χ4v) is 1.75. The maximum absolute atomic E-state index is 11.9. The number of hydrogen-bond acceptors (Lipinski definition) is 4. The van der Waals surface area contributed by atoms with Gasteiger partial charge in [0.15, 0.2) is 0 Å².